The lowest BCUT2D eigenvalue weighted by Gasteiger charge is -2.35. The Labute approximate surface area is 99.6 Å². The first-order valence-electron chi connectivity index (χ1n) is 5.41. The van der Waals surface area contributed by atoms with E-state index in [2.05, 4.69) is 33.9 Å². The third-order valence-electron chi connectivity index (χ3n) is 3.23. The standard InChI is InChI=1S/C12H17BrN2/c1-15(10-5-3-6-10)8-9-4-2-7-11(14)12(9)13/h2,4,7,10H,3,5-6,8,14H2,1H3. The molecule has 2 rings (SSSR count). The van der Waals surface area contributed by atoms with Crippen molar-refractivity contribution in [2.75, 3.05) is 12.8 Å². The molecule has 1 aliphatic rings. The van der Waals surface area contributed by atoms with Crippen molar-refractivity contribution in [2.45, 2.75) is 31.8 Å². The van der Waals surface area contributed by atoms with Crippen molar-refractivity contribution in [3.05, 3.63) is 28.2 Å². The van der Waals surface area contributed by atoms with Gasteiger partial charge in [0, 0.05) is 22.7 Å². The van der Waals surface area contributed by atoms with Gasteiger partial charge in [0.25, 0.3) is 0 Å². The van der Waals surface area contributed by atoms with Crippen LogP contribution in [0.3, 0.4) is 0 Å². The molecule has 0 aliphatic heterocycles. The van der Waals surface area contributed by atoms with Gasteiger partial charge < -0.3 is 5.73 Å². The minimum atomic E-state index is 0.776. The first-order valence-corrected chi connectivity index (χ1v) is 6.21. The van der Waals surface area contributed by atoms with Crippen LogP contribution in [0.2, 0.25) is 0 Å². The molecule has 0 unspecified atom stereocenters. The van der Waals surface area contributed by atoms with Gasteiger partial charge in [0.15, 0.2) is 0 Å². The molecule has 0 bridgehead atoms. The number of rotatable bonds is 3. The molecule has 1 aromatic rings. The van der Waals surface area contributed by atoms with E-state index in [9.17, 15) is 0 Å². The molecule has 0 radical (unpaired) electrons. The summed E-state index contributed by atoms with van der Waals surface area (Å²) in [7, 11) is 2.19. The first-order chi connectivity index (χ1) is 7.18. The summed E-state index contributed by atoms with van der Waals surface area (Å²) in [5, 5.41) is 0. The van der Waals surface area contributed by atoms with E-state index in [1.165, 1.54) is 24.8 Å². The van der Waals surface area contributed by atoms with Gasteiger partial charge in [-0.25, -0.2) is 0 Å². The van der Waals surface area contributed by atoms with Crippen LogP contribution in [-0.4, -0.2) is 18.0 Å². The van der Waals surface area contributed by atoms with E-state index < -0.39 is 0 Å². The Morgan fingerprint density at radius 3 is 2.80 bits per heavy atom. The van der Waals surface area contributed by atoms with Crippen LogP contribution in [0.25, 0.3) is 0 Å². The highest BCUT2D eigenvalue weighted by molar-refractivity contribution is 9.10. The zero-order valence-corrected chi connectivity index (χ0v) is 10.6. The van der Waals surface area contributed by atoms with Gasteiger partial charge in [0.05, 0.1) is 0 Å². The zero-order valence-electron chi connectivity index (χ0n) is 9.04. The minimum absolute atomic E-state index is 0.776. The van der Waals surface area contributed by atoms with Crippen molar-refractivity contribution in [2.24, 2.45) is 0 Å². The van der Waals surface area contributed by atoms with Crippen LogP contribution in [0.4, 0.5) is 5.69 Å². The maximum Gasteiger partial charge on any atom is 0.0461 e. The molecule has 2 nitrogen and oxygen atoms in total. The molecular weight excluding hydrogens is 252 g/mol. The van der Waals surface area contributed by atoms with Crippen LogP contribution in [0.5, 0.6) is 0 Å². The monoisotopic (exact) mass is 268 g/mol. The van der Waals surface area contributed by atoms with Crippen LogP contribution in [0.15, 0.2) is 22.7 Å². The molecule has 1 fully saturated rings. The summed E-state index contributed by atoms with van der Waals surface area (Å²) >= 11 is 3.55. The predicted molar refractivity (Wildman–Crippen MR) is 67.7 cm³/mol. The maximum absolute atomic E-state index is 5.85. The Morgan fingerprint density at radius 1 is 1.47 bits per heavy atom. The highest BCUT2D eigenvalue weighted by atomic mass is 79.9. The van der Waals surface area contributed by atoms with Crippen molar-refractivity contribution in [3.8, 4) is 0 Å². The van der Waals surface area contributed by atoms with E-state index in [-0.39, 0.29) is 0 Å². The molecule has 1 saturated carbocycles. The fourth-order valence-corrected chi connectivity index (χ4v) is 2.34. The molecule has 2 N–H and O–H groups in total. The van der Waals surface area contributed by atoms with Crippen molar-refractivity contribution in [1.82, 2.24) is 4.90 Å². The molecule has 82 valence electrons. The lowest BCUT2D eigenvalue weighted by molar-refractivity contribution is 0.152. The Hall–Kier alpha value is -0.540. The normalized spacial score (nSPS) is 16.7. The van der Waals surface area contributed by atoms with Gasteiger partial charge in [-0.3, -0.25) is 4.90 Å². The van der Waals surface area contributed by atoms with Gasteiger partial charge in [0.2, 0.25) is 0 Å². The molecule has 0 spiro atoms. The van der Waals surface area contributed by atoms with Crippen LogP contribution in [0.1, 0.15) is 24.8 Å². The van der Waals surface area contributed by atoms with Gasteiger partial charge in [0.1, 0.15) is 0 Å². The Bertz CT molecular complexity index is 347. The second-order valence-electron chi connectivity index (χ2n) is 4.32. The first kappa shape index (κ1) is 11.0. The number of halogens is 1. The second-order valence-corrected chi connectivity index (χ2v) is 5.11. The average Bonchev–Trinajstić information content (AvgIpc) is 2.10. The summed E-state index contributed by atoms with van der Waals surface area (Å²) < 4.78 is 1.05. The summed E-state index contributed by atoms with van der Waals surface area (Å²) in [5.41, 5.74) is 7.96. The number of nitrogens with zero attached hydrogens (tertiary/aromatic N) is 1. The lowest BCUT2D eigenvalue weighted by atomic mass is 9.91. The zero-order chi connectivity index (χ0) is 10.8. The second kappa shape index (κ2) is 4.54. The van der Waals surface area contributed by atoms with E-state index in [1.807, 2.05) is 12.1 Å². The fourth-order valence-electron chi connectivity index (χ4n) is 1.95. The number of hydrogen-bond acceptors (Lipinski definition) is 2. The Kier molecular flexibility index (Phi) is 3.32. The highest BCUT2D eigenvalue weighted by Crippen LogP contribution is 2.28. The molecule has 0 atom stereocenters. The molecule has 0 amide bonds. The van der Waals surface area contributed by atoms with E-state index in [0.717, 1.165) is 22.7 Å². The quantitative estimate of drug-likeness (QED) is 0.855. The number of benzene rings is 1. The molecule has 0 heterocycles. The number of nitrogen functional groups attached to an aromatic ring is 1. The summed E-state index contributed by atoms with van der Waals surface area (Å²) in [6.45, 7) is 0.982. The number of hydrogen-bond donors (Lipinski definition) is 1. The number of nitrogens with two attached hydrogens (primary N) is 1. The predicted octanol–water partition coefficient (Wildman–Crippen LogP) is 3.02. The van der Waals surface area contributed by atoms with E-state index >= 15 is 0 Å². The minimum Gasteiger partial charge on any atom is -0.398 e. The summed E-state index contributed by atoms with van der Waals surface area (Å²) in [6.07, 6.45) is 4.07. The van der Waals surface area contributed by atoms with Crippen LogP contribution in [-0.2, 0) is 6.54 Å². The van der Waals surface area contributed by atoms with Crippen LogP contribution < -0.4 is 5.73 Å². The Balaban J connectivity index is 2.06. The van der Waals surface area contributed by atoms with Crippen molar-refractivity contribution >= 4 is 21.6 Å². The highest BCUT2D eigenvalue weighted by Gasteiger charge is 2.22. The van der Waals surface area contributed by atoms with E-state index in [1.54, 1.807) is 0 Å². The summed E-state index contributed by atoms with van der Waals surface area (Å²) in [4.78, 5) is 2.42. The lowest BCUT2D eigenvalue weighted by Crippen LogP contribution is -2.36. The third-order valence-corrected chi connectivity index (χ3v) is 4.19. The van der Waals surface area contributed by atoms with Gasteiger partial charge in [-0.1, -0.05) is 18.6 Å². The van der Waals surface area contributed by atoms with Crippen molar-refractivity contribution in [3.63, 3.8) is 0 Å². The third kappa shape index (κ3) is 2.34. The van der Waals surface area contributed by atoms with Crippen LogP contribution >= 0.6 is 15.9 Å². The average molecular weight is 269 g/mol. The summed E-state index contributed by atoms with van der Waals surface area (Å²) in [5.74, 6) is 0. The van der Waals surface area contributed by atoms with Crippen molar-refractivity contribution in [1.29, 1.82) is 0 Å². The SMILES string of the molecule is CN(Cc1cccc(N)c1Br)C1CCC1. The van der Waals surface area contributed by atoms with Gasteiger partial charge in [-0.2, -0.15) is 0 Å². The van der Waals surface area contributed by atoms with E-state index in [4.69, 9.17) is 5.73 Å². The van der Waals surface area contributed by atoms with Gasteiger partial charge in [-0.05, 0) is 47.4 Å². The van der Waals surface area contributed by atoms with Crippen LogP contribution in [0, 0.1) is 0 Å². The van der Waals surface area contributed by atoms with E-state index in [0.29, 0.717) is 0 Å². The molecule has 15 heavy (non-hydrogen) atoms. The smallest absolute Gasteiger partial charge is 0.0461 e. The molecule has 0 saturated heterocycles. The fraction of sp³-hybridized carbons (Fsp3) is 0.500. The molecule has 1 aromatic carbocycles. The maximum atomic E-state index is 5.85. The summed E-state index contributed by atoms with van der Waals surface area (Å²) in [6, 6.07) is 6.86. The topological polar surface area (TPSA) is 29.3 Å². The van der Waals surface area contributed by atoms with Crippen molar-refractivity contribution < 1.29 is 0 Å². The molecule has 1 aliphatic carbocycles. The van der Waals surface area contributed by atoms with Gasteiger partial charge in [-0.15, -0.1) is 0 Å². The largest absolute Gasteiger partial charge is 0.398 e. The molecule has 0 aromatic heterocycles. The number of anilines is 1. The van der Waals surface area contributed by atoms with Gasteiger partial charge >= 0.3 is 0 Å². The Morgan fingerprint density at radius 2 is 2.20 bits per heavy atom. The molecule has 3 heteroatoms. The molecular formula is C12H17BrN2.